The van der Waals surface area contributed by atoms with Gasteiger partial charge in [0, 0.05) is 6.54 Å². The van der Waals surface area contributed by atoms with Crippen LogP contribution in [0.5, 0.6) is 0 Å². The van der Waals surface area contributed by atoms with Gasteiger partial charge in [-0.2, -0.15) is 0 Å². The predicted octanol–water partition coefficient (Wildman–Crippen LogP) is 4.78. The van der Waals surface area contributed by atoms with Gasteiger partial charge < -0.3 is 61.8 Å². The minimum absolute atomic E-state index is 0. The zero-order valence-corrected chi connectivity index (χ0v) is 13.3. The third kappa shape index (κ3) is 192. The number of hydrogen-bond donors (Lipinski definition) is 1. The zero-order valence-electron chi connectivity index (χ0n) is 13.3. The van der Waals surface area contributed by atoms with E-state index in [1.54, 1.807) is 0 Å². The summed E-state index contributed by atoms with van der Waals surface area (Å²) >= 11 is 0. The second-order valence-corrected chi connectivity index (χ2v) is 4.52. The Kier molecular flexibility index (Phi) is 23.2. The average molecular weight is 446 g/mol. The van der Waals surface area contributed by atoms with Crippen molar-refractivity contribution in [2.45, 2.75) is 33.3 Å². The first-order valence-corrected chi connectivity index (χ1v) is 6.04. The number of ether oxygens (including phenoxy) is 1. The molecule has 0 aromatic rings. The van der Waals surface area contributed by atoms with Crippen molar-refractivity contribution >= 4 is 79.2 Å². The van der Waals surface area contributed by atoms with Crippen LogP contribution in [0.2, 0.25) is 0 Å². The normalized spacial score (nSPS) is 11.1. The SMILES string of the molecule is CCNC(=O)OC(C)(C)C.F[B-](F)(F)F.F[B-](F)(F)F.F[B-](F)(F)F.[KH]. The van der Waals surface area contributed by atoms with E-state index in [4.69, 9.17) is 4.74 Å². The van der Waals surface area contributed by atoms with Gasteiger partial charge in [0.25, 0.3) is 0 Å². The van der Waals surface area contributed by atoms with Crippen LogP contribution in [0.25, 0.3) is 0 Å². The summed E-state index contributed by atoms with van der Waals surface area (Å²) in [5, 5.41) is 2.54. The first kappa shape index (κ1) is 37.1. The van der Waals surface area contributed by atoms with Crippen LogP contribution in [-0.4, -0.2) is 91.4 Å². The quantitative estimate of drug-likeness (QED) is 0.466. The summed E-state index contributed by atoms with van der Waals surface area (Å²) in [7, 11) is -18.0. The number of carbonyl (C=O) groups is 1. The standard InChI is InChI=1S/C7H15NO2.3BF4.K.H/c1-5-8-6(9)10-7(2,3)4;3*2-1(3,4)5;;/h5H2,1-4H3,(H,8,9);;;;;/q;3*-1;;. The summed E-state index contributed by atoms with van der Waals surface area (Å²) in [5.41, 5.74) is -0.390. The van der Waals surface area contributed by atoms with Crippen LogP contribution < -0.4 is 5.32 Å². The molecule has 0 aliphatic heterocycles. The molecule has 19 heteroatoms. The van der Waals surface area contributed by atoms with E-state index in [0.29, 0.717) is 6.54 Å². The van der Waals surface area contributed by atoms with Crippen molar-refractivity contribution in [3.8, 4) is 0 Å². The van der Waals surface area contributed by atoms with Crippen LogP contribution in [0.15, 0.2) is 0 Å². The van der Waals surface area contributed by atoms with Crippen LogP contribution in [0.1, 0.15) is 27.7 Å². The Labute approximate surface area is 184 Å². The molecule has 0 saturated carbocycles. The van der Waals surface area contributed by atoms with Crippen molar-refractivity contribution in [2.24, 2.45) is 0 Å². The van der Waals surface area contributed by atoms with Gasteiger partial charge in [-0.25, -0.2) is 4.79 Å². The number of rotatable bonds is 1. The molecule has 0 aromatic heterocycles. The van der Waals surface area contributed by atoms with Crippen molar-refractivity contribution in [2.75, 3.05) is 6.54 Å². The van der Waals surface area contributed by atoms with Crippen LogP contribution in [0.3, 0.4) is 0 Å². The van der Waals surface area contributed by atoms with Crippen molar-refractivity contribution < 1.29 is 61.3 Å². The molecule has 1 N–H and O–H groups in total. The molecule has 1 amide bonds. The Balaban J connectivity index is -0.0000000794. The van der Waals surface area contributed by atoms with Crippen molar-refractivity contribution in [1.82, 2.24) is 5.32 Å². The van der Waals surface area contributed by atoms with E-state index in [0.717, 1.165) is 0 Å². The van der Waals surface area contributed by atoms with Crippen LogP contribution in [0.4, 0.5) is 56.6 Å². The van der Waals surface area contributed by atoms with Crippen molar-refractivity contribution in [3.05, 3.63) is 0 Å². The van der Waals surface area contributed by atoms with E-state index in [2.05, 4.69) is 5.32 Å². The van der Waals surface area contributed by atoms with Crippen LogP contribution in [0, 0.1) is 0 Å². The number of halogens is 12. The molecule has 0 atom stereocenters. The van der Waals surface area contributed by atoms with E-state index in [9.17, 15) is 56.6 Å². The molecule has 0 radical (unpaired) electrons. The summed E-state index contributed by atoms with van der Waals surface area (Å²) in [6.45, 7) is 7.96. The Morgan fingerprint density at radius 2 is 0.962 bits per heavy atom. The summed E-state index contributed by atoms with van der Waals surface area (Å²) in [6.07, 6.45) is -0.352. The molecule has 0 rings (SSSR count). The second-order valence-electron chi connectivity index (χ2n) is 4.52. The molecule has 3 nitrogen and oxygen atoms in total. The Morgan fingerprint density at radius 3 is 1.08 bits per heavy atom. The zero-order chi connectivity index (χ0) is 21.7. The Hall–Kier alpha value is 0.261. The molecule has 0 spiro atoms. The van der Waals surface area contributed by atoms with E-state index in [1.807, 2.05) is 27.7 Å². The van der Waals surface area contributed by atoms with Gasteiger partial charge in [-0.1, -0.05) is 0 Å². The van der Waals surface area contributed by atoms with Gasteiger partial charge in [-0.05, 0) is 27.7 Å². The molecule has 0 fully saturated rings. The molecular formula is C7H16B3F12KNO2-3. The molecule has 0 bridgehead atoms. The van der Waals surface area contributed by atoms with Crippen molar-refractivity contribution in [1.29, 1.82) is 0 Å². The third-order valence-electron chi connectivity index (χ3n) is 0.720. The van der Waals surface area contributed by atoms with Gasteiger partial charge in [0.2, 0.25) is 0 Å². The molecular weight excluding hydrogens is 430 g/mol. The first-order chi connectivity index (χ1) is 10.5. The van der Waals surface area contributed by atoms with Crippen LogP contribution in [-0.2, 0) is 4.74 Å². The van der Waals surface area contributed by atoms with Gasteiger partial charge in [0.1, 0.15) is 5.60 Å². The number of alkyl carbamates (subject to hydrolysis) is 1. The van der Waals surface area contributed by atoms with Gasteiger partial charge in [-0.3, -0.25) is 0 Å². The Bertz CT molecular complexity index is 297. The molecule has 0 heterocycles. The molecule has 0 saturated heterocycles. The molecule has 0 aromatic carbocycles. The predicted molar refractivity (Wildman–Crippen MR) is 77.6 cm³/mol. The summed E-state index contributed by atoms with van der Waals surface area (Å²) in [6, 6.07) is 0. The molecule has 0 unspecified atom stereocenters. The number of nitrogens with one attached hydrogen (secondary N) is 1. The van der Waals surface area contributed by atoms with E-state index in [1.165, 1.54) is 0 Å². The second kappa shape index (κ2) is 16.2. The molecule has 0 aliphatic rings. The van der Waals surface area contributed by atoms with Gasteiger partial charge >= 0.3 is 79.2 Å². The Morgan fingerprint density at radius 1 is 0.769 bits per heavy atom. The van der Waals surface area contributed by atoms with Crippen molar-refractivity contribution in [3.63, 3.8) is 0 Å². The maximum absolute atomic E-state index is 10.7. The summed E-state index contributed by atoms with van der Waals surface area (Å²) in [5.74, 6) is 0. The average Bonchev–Trinajstić information content (AvgIpc) is 2.04. The fourth-order valence-electron chi connectivity index (χ4n) is 0.459. The fourth-order valence-corrected chi connectivity index (χ4v) is 0.459. The molecule has 0 aliphatic carbocycles. The van der Waals surface area contributed by atoms with Gasteiger partial charge in [-0.15, -0.1) is 0 Å². The number of carbonyl (C=O) groups excluding carboxylic acids is 1. The molecule has 26 heavy (non-hydrogen) atoms. The van der Waals surface area contributed by atoms with E-state index < -0.39 is 21.8 Å². The topological polar surface area (TPSA) is 38.3 Å². The van der Waals surface area contributed by atoms with E-state index in [-0.39, 0.29) is 63.1 Å². The summed E-state index contributed by atoms with van der Waals surface area (Å²) < 4.78 is 122. The van der Waals surface area contributed by atoms with Crippen LogP contribution >= 0.6 is 0 Å². The summed E-state index contributed by atoms with van der Waals surface area (Å²) in [4.78, 5) is 10.7. The van der Waals surface area contributed by atoms with E-state index >= 15 is 0 Å². The first-order valence-electron chi connectivity index (χ1n) is 6.04. The number of amides is 1. The minimum atomic E-state index is -6.00. The maximum atomic E-state index is 10.7. The van der Waals surface area contributed by atoms with Gasteiger partial charge in [0.15, 0.2) is 0 Å². The molecule has 158 valence electrons. The fraction of sp³-hybridized carbons (Fsp3) is 0.857. The third-order valence-corrected chi connectivity index (χ3v) is 0.720. The number of hydrogen-bond acceptors (Lipinski definition) is 2. The monoisotopic (exact) mass is 446 g/mol. The van der Waals surface area contributed by atoms with Gasteiger partial charge in [0.05, 0.1) is 0 Å².